The Kier molecular flexibility index (Phi) is 5.23. The summed E-state index contributed by atoms with van der Waals surface area (Å²) in [6, 6.07) is 16.1. The summed E-state index contributed by atoms with van der Waals surface area (Å²) in [4.78, 5) is 25.8. The third-order valence-corrected chi connectivity index (χ3v) is 6.36. The van der Waals surface area contributed by atoms with Crippen molar-refractivity contribution in [3.63, 3.8) is 0 Å². The lowest BCUT2D eigenvalue weighted by Gasteiger charge is -2.36. The molecule has 2 aromatic carbocycles. The molecule has 3 aliphatic rings. The first kappa shape index (κ1) is 19.8. The Balaban J connectivity index is 1.49. The van der Waals surface area contributed by atoms with Gasteiger partial charge in [0.25, 0.3) is 0 Å². The highest BCUT2D eigenvalue weighted by Gasteiger charge is 2.41. The van der Waals surface area contributed by atoms with Crippen LogP contribution in [-0.2, 0) is 20.9 Å². The summed E-state index contributed by atoms with van der Waals surface area (Å²) >= 11 is 0. The maximum absolute atomic E-state index is 12.9. The first-order valence-corrected chi connectivity index (χ1v) is 11.1. The van der Waals surface area contributed by atoms with Crippen molar-refractivity contribution in [3.05, 3.63) is 87.9 Å². The average Bonchev–Trinajstić information content (AvgIpc) is 2.78. The molecular formula is C27H26O4. The van der Waals surface area contributed by atoms with Gasteiger partial charge in [-0.05, 0) is 43.0 Å². The second-order valence-electron chi connectivity index (χ2n) is 8.61. The van der Waals surface area contributed by atoms with E-state index in [2.05, 4.69) is 31.2 Å². The minimum Gasteiger partial charge on any atom is -0.489 e. The van der Waals surface area contributed by atoms with E-state index in [4.69, 9.17) is 9.47 Å². The monoisotopic (exact) mass is 414 g/mol. The molecule has 31 heavy (non-hydrogen) atoms. The molecular weight excluding hydrogens is 388 g/mol. The third kappa shape index (κ3) is 3.83. The van der Waals surface area contributed by atoms with Gasteiger partial charge < -0.3 is 9.47 Å². The van der Waals surface area contributed by atoms with Gasteiger partial charge in [0, 0.05) is 42.7 Å². The highest BCUT2D eigenvalue weighted by Crippen LogP contribution is 2.48. The van der Waals surface area contributed by atoms with E-state index in [0.717, 1.165) is 54.1 Å². The molecule has 1 aliphatic heterocycles. The summed E-state index contributed by atoms with van der Waals surface area (Å²) in [5, 5.41) is 0. The highest BCUT2D eigenvalue weighted by molar-refractivity contribution is 6.05. The van der Waals surface area contributed by atoms with Gasteiger partial charge >= 0.3 is 0 Å². The molecule has 0 fully saturated rings. The molecule has 0 aromatic heterocycles. The summed E-state index contributed by atoms with van der Waals surface area (Å²) in [6.07, 6.45) is 4.15. The van der Waals surface area contributed by atoms with Crippen molar-refractivity contribution in [2.75, 3.05) is 0 Å². The Labute approximate surface area is 182 Å². The topological polar surface area (TPSA) is 52.6 Å². The molecule has 0 N–H and O–H groups in total. The molecule has 0 saturated carbocycles. The van der Waals surface area contributed by atoms with Gasteiger partial charge in [-0.3, -0.25) is 9.59 Å². The molecule has 1 heterocycles. The molecule has 0 radical (unpaired) electrons. The Morgan fingerprint density at radius 3 is 2.16 bits per heavy atom. The van der Waals surface area contributed by atoms with Crippen molar-refractivity contribution < 1.29 is 19.1 Å². The molecule has 0 saturated heterocycles. The Morgan fingerprint density at radius 1 is 0.871 bits per heavy atom. The number of hydrogen-bond acceptors (Lipinski definition) is 4. The van der Waals surface area contributed by atoms with Crippen molar-refractivity contribution in [2.45, 2.75) is 58.0 Å². The van der Waals surface area contributed by atoms with Gasteiger partial charge in [-0.1, -0.05) is 42.0 Å². The number of allylic oxidation sites excluding steroid dienone is 4. The molecule has 0 spiro atoms. The zero-order valence-corrected chi connectivity index (χ0v) is 17.8. The van der Waals surface area contributed by atoms with E-state index in [1.54, 1.807) is 0 Å². The normalized spacial score (nSPS) is 19.1. The highest BCUT2D eigenvalue weighted by atomic mass is 16.5. The van der Waals surface area contributed by atoms with Gasteiger partial charge in [0.15, 0.2) is 11.6 Å². The number of rotatable bonds is 4. The maximum atomic E-state index is 12.9. The summed E-state index contributed by atoms with van der Waals surface area (Å²) in [5.74, 6) is 2.12. The van der Waals surface area contributed by atoms with E-state index in [-0.39, 0.29) is 17.5 Å². The zero-order valence-electron chi connectivity index (χ0n) is 17.8. The van der Waals surface area contributed by atoms with Gasteiger partial charge in [0.05, 0.1) is 0 Å². The molecule has 0 unspecified atom stereocenters. The number of carbonyl (C=O) groups excluding carboxylic acids is 2. The van der Waals surface area contributed by atoms with Crippen LogP contribution in [0.5, 0.6) is 5.75 Å². The third-order valence-electron chi connectivity index (χ3n) is 6.36. The quantitative estimate of drug-likeness (QED) is 0.644. The van der Waals surface area contributed by atoms with E-state index in [0.29, 0.717) is 30.6 Å². The van der Waals surface area contributed by atoms with Gasteiger partial charge in [-0.2, -0.15) is 0 Å². The van der Waals surface area contributed by atoms with Crippen molar-refractivity contribution in [3.8, 4) is 5.75 Å². The average molecular weight is 415 g/mol. The standard InChI is InChI=1S/C27H26O4/c1-17-11-13-18(14-12-17)16-30-20-6-2-5-19(15-20)25-26-21(28)7-3-9-23(26)31-24-10-4-8-22(29)27(24)25/h2,5-6,11-15,25H,3-4,7-10,16H2,1H3. The largest absolute Gasteiger partial charge is 0.489 e. The zero-order chi connectivity index (χ0) is 21.4. The van der Waals surface area contributed by atoms with Crippen LogP contribution in [0.1, 0.15) is 61.1 Å². The van der Waals surface area contributed by atoms with Gasteiger partial charge in [0.1, 0.15) is 23.9 Å². The SMILES string of the molecule is Cc1ccc(COc2cccc(C3C4=C(CCCC4=O)OC4=C3C(=O)CCC4)c2)cc1. The van der Waals surface area contributed by atoms with E-state index in [9.17, 15) is 9.59 Å². The maximum Gasteiger partial charge on any atom is 0.163 e. The lowest BCUT2D eigenvalue weighted by atomic mass is 9.73. The number of ether oxygens (including phenoxy) is 2. The summed E-state index contributed by atoms with van der Waals surface area (Å²) in [7, 11) is 0. The number of aryl methyl sites for hydroxylation is 1. The Bertz CT molecular complexity index is 1060. The lowest BCUT2D eigenvalue weighted by molar-refractivity contribution is -0.117. The van der Waals surface area contributed by atoms with E-state index >= 15 is 0 Å². The number of Topliss-reactive ketones (excluding diaryl/α,β-unsaturated/α-hetero) is 2. The van der Waals surface area contributed by atoms with Crippen LogP contribution in [-0.4, -0.2) is 11.6 Å². The molecule has 0 amide bonds. The molecule has 0 bridgehead atoms. The van der Waals surface area contributed by atoms with Crippen LogP contribution in [0.15, 0.2) is 71.2 Å². The van der Waals surface area contributed by atoms with Crippen molar-refractivity contribution in [2.24, 2.45) is 0 Å². The number of carbonyl (C=O) groups is 2. The van der Waals surface area contributed by atoms with Crippen molar-refractivity contribution in [1.29, 1.82) is 0 Å². The van der Waals surface area contributed by atoms with Crippen LogP contribution < -0.4 is 4.74 Å². The van der Waals surface area contributed by atoms with Crippen LogP contribution >= 0.6 is 0 Å². The predicted octanol–water partition coefficient (Wildman–Crippen LogP) is 5.70. The molecule has 4 nitrogen and oxygen atoms in total. The van der Waals surface area contributed by atoms with E-state index in [1.807, 2.05) is 24.3 Å². The van der Waals surface area contributed by atoms with E-state index in [1.165, 1.54) is 5.56 Å². The van der Waals surface area contributed by atoms with Crippen LogP contribution in [0.3, 0.4) is 0 Å². The van der Waals surface area contributed by atoms with Crippen LogP contribution in [0.2, 0.25) is 0 Å². The molecule has 0 atom stereocenters. The van der Waals surface area contributed by atoms with Crippen LogP contribution in [0.4, 0.5) is 0 Å². The fourth-order valence-electron chi connectivity index (χ4n) is 4.79. The molecule has 5 rings (SSSR count). The number of ketones is 2. The predicted molar refractivity (Wildman–Crippen MR) is 118 cm³/mol. The summed E-state index contributed by atoms with van der Waals surface area (Å²) in [5.41, 5.74) is 4.59. The van der Waals surface area contributed by atoms with Crippen LogP contribution in [0, 0.1) is 6.92 Å². The first-order chi connectivity index (χ1) is 15.1. The number of hydrogen-bond donors (Lipinski definition) is 0. The Hall–Kier alpha value is -3.14. The Morgan fingerprint density at radius 2 is 1.52 bits per heavy atom. The summed E-state index contributed by atoms with van der Waals surface area (Å²) in [6.45, 7) is 2.53. The van der Waals surface area contributed by atoms with Crippen molar-refractivity contribution >= 4 is 11.6 Å². The van der Waals surface area contributed by atoms with Crippen molar-refractivity contribution in [1.82, 2.24) is 0 Å². The van der Waals surface area contributed by atoms with Crippen LogP contribution in [0.25, 0.3) is 0 Å². The second-order valence-corrected chi connectivity index (χ2v) is 8.61. The minimum absolute atomic E-state index is 0.0992. The summed E-state index contributed by atoms with van der Waals surface area (Å²) < 4.78 is 12.2. The van der Waals surface area contributed by atoms with Gasteiger partial charge in [-0.15, -0.1) is 0 Å². The first-order valence-electron chi connectivity index (χ1n) is 11.1. The molecule has 2 aromatic rings. The number of benzene rings is 2. The smallest absolute Gasteiger partial charge is 0.163 e. The lowest BCUT2D eigenvalue weighted by Crippen LogP contribution is -2.30. The molecule has 158 valence electrons. The fourth-order valence-corrected chi connectivity index (χ4v) is 4.79. The molecule has 2 aliphatic carbocycles. The van der Waals surface area contributed by atoms with Gasteiger partial charge in [0.2, 0.25) is 0 Å². The van der Waals surface area contributed by atoms with E-state index < -0.39 is 0 Å². The second kappa shape index (κ2) is 8.18. The fraction of sp³-hybridized carbons (Fsp3) is 0.333. The minimum atomic E-state index is -0.345. The van der Waals surface area contributed by atoms with Gasteiger partial charge in [-0.25, -0.2) is 0 Å². The molecule has 4 heteroatoms.